The lowest BCUT2D eigenvalue weighted by atomic mass is 10.3. The van der Waals surface area contributed by atoms with Gasteiger partial charge < -0.3 is 12.4 Å². The van der Waals surface area contributed by atoms with Gasteiger partial charge in [-0.05, 0) is 17.0 Å². The van der Waals surface area contributed by atoms with Gasteiger partial charge in [-0.1, -0.05) is 74.0 Å². The minimum atomic E-state index is -0.541. The van der Waals surface area contributed by atoms with Crippen LogP contribution in [0, 0.1) is 0 Å². The maximum atomic E-state index is 2.44. The molecule has 0 fully saturated rings. The molecule has 0 N–H and O–H groups in total. The number of unbranched alkanes of at least 4 members (excludes halogenated alkanes) is 1. The molecule has 2 aromatic carbocycles. The van der Waals surface area contributed by atoms with E-state index in [9.17, 15) is 0 Å². The van der Waals surface area contributed by atoms with E-state index in [2.05, 4.69) is 96.2 Å². The first-order chi connectivity index (χ1) is 11.3. The normalized spacial score (nSPS) is 10.6. The van der Waals surface area contributed by atoms with Gasteiger partial charge in [0.15, 0.2) is 0 Å². The molecule has 0 unspecified atom stereocenters. The van der Waals surface area contributed by atoms with Crippen LogP contribution in [-0.4, -0.2) is 4.57 Å². The summed E-state index contributed by atoms with van der Waals surface area (Å²) in [4.78, 5) is 0. The molecule has 3 rings (SSSR count). The first kappa shape index (κ1) is 18.7. The minimum absolute atomic E-state index is 0. The predicted octanol–water partition coefficient (Wildman–Crippen LogP) is -0.125. The molecule has 24 heavy (non-hydrogen) atoms. The Morgan fingerprint density at radius 2 is 1.46 bits per heavy atom. The third-order valence-corrected chi connectivity index (χ3v) is 6.63. The summed E-state index contributed by atoms with van der Waals surface area (Å²) < 4.78 is 4.73. The summed E-state index contributed by atoms with van der Waals surface area (Å²) >= 11 is 0. The average molecular weight is 359 g/mol. The standard InChI is InChI=1S/C20H24N2P.ClH/c1-3-4-15-22-17-16-21(2)20(22)23(18-11-7-5-8-12-18)19-13-9-6-10-14-19;/h5-14,16-17H,3-4,15H2,1-2H3;1H/q+1;/p-1. The lowest BCUT2D eigenvalue weighted by Crippen LogP contribution is -3.00. The molecule has 0 aliphatic heterocycles. The quantitative estimate of drug-likeness (QED) is 0.429. The molecule has 0 amide bonds. The molecule has 126 valence electrons. The number of hydrogen-bond donors (Lipinski definition) is 0. The highest BCUT2D eigenvalue weighted by Crippen LogP contribution is 2.30. The smallest absolute Gasteiger partial charge is 0.285 e. The van der Waals surface area contributed by atoms with E-state index in [1.54, 1.807) is 0 Å². The summed E-state index contributed by atoms with van der Waals surface area (Å²) in [6.07, 6.45) is 6.85. The van der Waals surface area contributed by atoms with Crippen molar-refractivity contribution in [3.8, 4) is 0 Å². The van der Waals surface area contributed by atoms with Gasteiger partial charge in [-0.15, -0.1) is 0 Å². The van der Waals surface area contributed by atoms with E-state index < -0.39 is 7.92 Å². The van der Waals surface area contributed by atoms with Crippen LogP contribution in [0.25, 0.3) is 0 Å². The molecule has 1 aromatic heterocycles. The van der Waals surface area contributed by atoms with Crippen LogP contribution < -0.4 is 33.1 Å². The fourth-order valence-electron chi connectivity index (χ4n) is 2.84. The van der Waals surface area contributed by atoms with Crippen molar-refractivity contribution in [2.75, 3.05) is 0 Å². The van der Waals surface area contributed by atoms with Crippen LogP contribution in [0.1, 0.15) is 19.8 Å². The molecule has 3 aromatic rings. The molecule has 2 nitrogen and oxygen atoms in total. The van der Waals surface area contributed by atoms with E-state index in [-0.39, 0.29) is 12.4 Å². The zero-order valence-corrected chi connectivity index (χ0v) is 15.9. The Kier molecular flexibility index (Phi) is 7.02. The van der Waals surface area contributed by atoms with Gasteiger partial charge in [-0.2, -0.15) is 0 Å². The topological polar surface area (TPSA) is 8.81 Å². The van der Waals surface area contributed by atoms with Gasteiger partial charge in [0, 0.05) is 0 Å². The number of aromatic nitrogens is 2. The van der Waals surface area contributed by atoms with Crippen LogP contribution in [0.2, 0.25) is 0 Å². The summed E-state index contributed by atoms with van der Waals surface area (Å²) in [5, 5.41) is 2.81. The molecule has 0 bridgehead atoms. The highest BCUT2D eigenvalue weighted by molar-refractivity contribution is 7.79. The molecule has 0 aliphatic carbocycles. The zero-order valence-electron chi connectivity index (χ0n) is 14.3. The molecule has 0 saturated carbocycles. The lowest BCUT2D eigenvalue weighted by Gasteiger charge is -2.16. The van der Waals surface area contributed by atoms with E-state index in [1.807, 2.05) is 0 Å². The number of nitrogens with zero attached hydrogens (tertiary/aromatic N) is 2. The maximum absolute atomic E-state index is 2.44. The Bertz CT molecular complexity index is 701. The van der Waals surface area contributed by atoms with E-state index in [0.29, 0.717) is 0 Å². The second-order valence-electron chi connectivity index (χ2n) is 5.76. The first-order valence-corrected chi connectivity index (χ1v) is 9.60. The summed E-state index contributed by atoms with van der Waals surface area (Å²) in [6.45, 7) is 3.34. The Morgan fingerprint density at radius 3 is 1.96 bits per heavy atom. The van der Waals surface area contributed by atoms with Gasteiger partial charge in [-0.25, -0.2) is 9.13 Å². The van der Waals surface area contributed by atoms with Crippen LogP contribution in [0.3, 0.4) is 0 Å². The van der Waals surface area contributed by atoms with Gasteiger partial charge in [0.1, 0.15) is 12.4 Å². The summed E-state index contributed by atoms with van der Waals surface area (Å²) in [5.41, 5.74) is 1.41. The highest BCUT2D eigenvalue weighted by Gasteiger charge is 2.28. The molecular weight excluding hydrogens is 335 g/mol. The number of rotatable bonds is 6. The van der Waals surface area contributed by atoms with Crippen LogP contribution >= 0.6 is 7.92 Å². The SMILES string of the molecule is CCCC[n+]1ccn(C)c1P(c1ccccc1)c1ccccc1.[Cl-]. The molecule has 1 heterocycles. The summed E-state index contributed by atoms with van der Waals surface area (Å²) in [5.74, 6) is 0. The molecule has 0 atom stereocenters. The third kappa shape index (κ3) is 4.06. The number of aryl methyl sites for hydroxylation is 2. The predicted molar refractivity (Wildman–Crippen MR) is 99.2 cm³/mol. The van der Waals surface area contributed by atoms with Crippen molar-refractivity contribution in [1.29, 1.82) is 0 Å². The van der Waals surface area contributed by atoms with Crippen molar-refractivity contribution in [1.82, 2.24) is 4.57 Å². The van der Waals surface area contributed by atoms with Gasteiger partial charge in [0.05, 0.1) is 21.5 Å². The van der Waals surface area contributed by atoms with E-state index in [4.69, 9.17) is 0 Å². The van der Waals surface area contributed by atoms with Crippen LogP contribution in [0.15, 0.2) is 73.1 Å². The van der Waals surface area contributed by atoms with Crippen molar-refractivity contribution in [3.05, 3.63) is 73.1 Å². The maximum Gasteiger partial charge on any atom is 0.285 e. The fourth-order valence-corrected chi connectivity index (χ4v) is 5.35. The van der Waals surface area contributed by atoms with Crippen molar-refractivity contribution in [3.63, 3.8) is 0 Å². The number of benzene rings is 2. The van der Waals surface area contributed by atoms with E-state index in [0.717, 1.165) is 6.54 Å². The average Bonchev–Trinajstić information content (AvgIpc) is 2.96. The van der Waals surface area contributed by atoms with Gasteiger partial charge in [0.25, 0.3) is 5.57 Å². The monoisotopic (exact) mass is 358 g/mol. The summed E-state index contributed by atoms with van der Waals surface area (Å²) in [7, 11) is 1.62. The van der Waals surface area contributed by atoms with Gasteiger partial charge in [0.2, 0.25) is 0 Å². The van der Waals surface area contributed by atoms with Crippen molar-refractivity contribution < 1.29 is 17.0 Å². The minimum Gasteiger partial charge on any atom is -1.00 e. The molecule has 0 radical (unpaired) electrons. The Balaban J connectivity index is 0.00000208. The third-order valence-electron chi connectivity index (χ3n) is 4.02. The number of hydrogen-bond acceptors (Lipinski definition) is 0. The molecule has 4 heteroatoms. The highest BCUT2D eigenvalue weighted by atomic mass is 35.5. The Morgan fingerprint density at radius 1 is 0.917 bits per heavy atom. The first-order valence-electron chi connectivity index (χ1n) is 8.26. The molecule has 0 spiro atoms. The summed E-state index contributed by atoms with van der Waals surface area (Å²) in [6, 6.07) is 21.8. The van der Waals surface area contributed by atoms with E-state index >= 15 is 0 Å². The van der Waals surface area contributed by atoms with Crippen molar-refractivity contribution >= 4 is 24.1 Å². The second kappa shape index (κ2) is 9.01. The van der Waals surface area contributed by atoms with Crippen LogP contribution in [-0.2, 0) is 13.6 Å². The van der Waals surface area contributed by atoms with Crippen LogP contribution in [0.4, 0.5) is 0 Å². The Labute approximate surface area is 152 Å². The lowest BCUT2D eigenvalue weighted by molar-refractivity contribution is -0.678. The molecule has 0 aliphatic rings. The van der Waals surface area contributed by atoms with E-state index in [1.165, 1.54) is 29.0 Å². The van der Waals surface area contributed by atoms with Crippen molar-refractivity contribution in [2.24, 2.45) is 7.05 Å². The van der Waals surface area contributed by atoms with Crippen molar-refractivity contribution in [2.45, 2.75) is 26.3 Å². The fraction of sp³-hybridized carbons (Fsp3) is 0.250. The molecular formula is C20H24ClN2P. The van der Waals surface area contributed by atoms with Crippen LogP contribution in [0.5, 0.6) is 0 Å². The number of imidazole rings is 1. The van der Waals surface area contributed by atoms with Gasteiger partial charge in [-0.3, -0.25) is 0 Å². The van der Waals surface area contributed by atoms with Gasteiger partial charge >= 0.3 is 0 Å². The molecule has 0 saturated heterocycles. The number of halogens is 1. The Hall–Kier alpha value is -1.63. The zero-order chi connectivity index (χ0) is 16.1. The second-order valence-corrected chi connectivity index (χ2v) is 7.87. The largest absolute Gasteiger partial charge is 1.00 e.